The van der Waals surface area contributed by atoms with E-state index in [-0.39, 0.29) is 6.10 Å². The second-order valence-corrected chi connectivity index (χ2v) is 9.33. The Labute approximate surface area is 211 Å². The molecule has 5 rings (SSSR count). The normalized spacial score (nSPS) is 13.9. The first-order chi connectivity index (χ1) is 17.6. The van der Waals surface area contributed by atoms with Gasteiger partial charge in [0, 0.05) is 12.4 Å². The van der Waals surface area contributed by atoms with Crippen molar-refractivity contribution in [3.8, 4) is 17.5 Å². The average Bonchev–Trinajstić information content (AvgIpc) is 3.51. The van der Waals surface area contributed by atoms with E-state index in [2.05, 4.69) is 26.7 Å². The molecule has 3 aromatic heterocycles. The number of benzene rings is 1. The Morgan fingerprint density at radius 2 is 1.75 bits per heavy atom. The summed E-state index contributed by atoms with van der Waals surface area (Å²) >= 11 is 0. The first kappa shape index (κ1) is 24.0. The van der Waals surface area contributed by atoms with Crippen molar-refractivity contribution < 1.29 is 14.2 Å². The van der Waals surface area contributed by atoms with Crippen molar-refractivity contribution in [3.05, 3.63) is 65.4 Å². The Kier molecular flexibility index (Phi) is 7.30. The van der Waals surface area contributed by atoms with E-state index in [0.717, 1.165) is 65.4 Å². The number of hydrogen-bond donors (Lipinski definition) is 0. The molecule has 1 aromatic carbocycles. The van der Waals surface area contributed by atoms with Gasteiger partial charge >= 0.3 is 6.01 Å². The molecule has 188 valence electrons. The van der Waals surface area contributed by atoms with Gasteiger partial charge in [-0.2, -0.15) is 9.97 Å². The summed E-state index contributed by atoms with van der Waals surface area (Å²) in [5, 5.41) is 0. The number of fused-ring (bicyclic) bond motifs is 1. The first-order valence-corrected chi connectivity index (χ1v) is 12.7. The molecule has 0 unspecified atom stereocenters. The molecule has 3 heterocycles. The molecule has 0 saturated heterocycles. The number of rotatable bonds is 10. The van der Waals surface area contributed by atoms with Crippen LogP contribution in [0.25, 0.3) is 11.2 Å². The molecule has 8 nitrogen and oxygen atoms in total. The van der Waals surface area contributed by atoms with Gasteiger partial charge in [-0.15, -0.1) is 0 Å². The summed E-state index contributed by atoms with van der Waals surface area (Å²) in [6.45, 7) is 5.10. The van der Waals surface area contributed by atoms with Gasteiger partial charge in [0.25, 0.3) is 0 Å². The van der Waals surface area contributed by atoms with Crippen molar-refractivity contribution in [3.63, 3.8) is 0 Å². The Balaban J connectivity index is 1.33. The van der Waals surface area contributed by atoms with Gasteiger partial charge in [-0.1, -0.05) is 6.07 Å². The van der Waals surface area contributed by atoms with E-state index in [0.29, 0.717) is 19.2 Å². The van der Waals surface area contributed by atoms with E-state index >= 15 is 0 Å². The minimum absolute atomic E-state index is 0.263. The lowest BCUT2D eigenvalue weighted by molar-refractivity contribution is 0.200. The topological polar surface area (TPSA) is 84.2 Å². The summed E-state index contributed by atoms with van der Waals surface area (Å²) in [7, 11) is 1.68. The standard InChI is InChI=1S/C28H33N5O3/c1-19-26-27(32-28(30-19)35-16-6-7-21-12-14-29-15-13-21)33(20(2)31-26)18-22-10-11-24(34-3)25(17-22)36-23-8-4-5-9-23/h10-15,17,23H,4-9,16,18H2,1-3H3. The predicted octanol–water partition coefficient (Wildman–Crippen LogP) is 5.23. The quantitative estimate of drug-likeness (QED) is 0.283. The molecular formula is C28H33N5O3. The summed E-state index contributed by atoms with van der Waals surface area (Å²) in [5.74, 6) is 2.44. The third-order valence-electron chi connectivity index (χ3n) is 6.69. The minimum Gasteiger partial charge on any atom is -0.493 e. The molecular weight excluding hydrogens is 454 g/mol. The van der Waals surface area contributed by atoms with Crippen molar-refractivity contribution in [2.75, 3.05) is 13.7 Å². The number of aryl methyl sites for hydroxylation is 3. The monoisotopic (exact) mass is 487 g/mol. The fraction of sp³-hybridized carbons (Fsp3) is 0.429. The largest absolute Gasteiger partial charge is 0.493 e. The van der Waals surface area contributed by atoms with E-state index in [4.69, 9.17) is 24.2 Å². The van der Waals surface area contributed by atoms with E-state index in [1.807, 2.05) is 44.4 Å². The molecule has 0 radical (unpaired) electrons. The fourth-order valence-corrected chi connectivity index (χ4v) is 4.74. The van der Waals surface area contributed by atoms with Gasteiger partial charge in [-0.25, -0.2) is 4.98 Å². The van der Waals surface area contributed by atoms with Crippen LogP contribution < -0.4 is 14.2 Å². The number of aromatic nitrogens is 5. The molecule has 1 fully saturated rings. The summed E-state index contributed by atoms with van der Waals surface area (Å²) in [6.07, 6.45) is 10.3. The van der Waals surface area contributed by atoms with Crippen LogP contribution >= 0.6 is 0 Å². The molecule has 0 N–H and O–H groups in total. The van der Waals surface area contributed by atoms with Crippen LogP contribution in [0.15, 0.2) is 42.7 Å². The lowest BCUT2D eigenvalue weighted by Gasteiger charge is -2.17. The molecule has 0 bridgehead atoms. The van der Waals surface area contributed by atoms with Gasteiger partial charge in [0.1, 0.15) is 11.3 Å². The van der Waals surface area contributed by atoms with E-state index in [9.17, 15) is 0 Å². The number of pyridine rings is 1. The summed E-state index contributed by atoms with van der Waals surface area (Å²) in [6, 6.07) is 10.6. The SMILES string of the molecule is COc1ccc(Cn2c(C)nc3c(C)nc(OCCCc4ccncc4)nc32)cc1OC1CCCC1. The Hall–Kier alpha value is -3.68. The molecule has 0 amide bonds. The fourth-order valence-electron chi connectivity index (χ4n) is 4.74. The van der Waals surface area contributed by atoms with Crippen LogP contribution in [-0.4, -0.2) is 44.3 Å². The third kappa shape index (κ3) is 5.42. The van der Waals surface area contributed by atoms with Crippen LogP contribution in [0, 0.1) is 13.8 Å². The van der Waals surface area contributed by atoms with Gasteiger partial charge in [0.15, 0.2) is 17.1 Å². The highest BCUT2D eigenvalue weighted by Crippen LogP contribution is 2.33. The highest BCUT2D eigenvalue weighted by molar-refractivity contribution is 5.74. The molecule has 36 heavy (non-hydrogen) atoms. The number of imidazole rings is 1. The molecule has 8 heteroatoms. The molecule has 0 aliphatic heterocycles. The molecule has 1 aliphatic rings. The maximum Gasteiger partial charge on any atom is 0.318 e. The van der Waals surface area contributed by atoms with Crippen molar-refractivity contribution >= 4 is 11.2 Å². The van der Waals surface area contributed by atoms with Gasteiger partial charge < -0.3 is 18.8 Å². The van der Waals surface area contributed by atoms with Crippen LogP contribution in [0.2, 0.25) is 0 Å². The lowest BCUT2D eigenvalue weighted by atomic mass is 10.1. The molecule has 0 atom stereocenters. The first-order valence-electron chi connectivity index (χ1n) is 12.7. The molecule has 4 aromatic rings. The van der Waals surface area contributed by atoms with Crippen molar-refractivity contribution in [2.45, 2.75) is 65.0 Å². The zero-order valence-corrected chi connectivity index (χ0v) is 21.2. The Bertz CT molecular complexity index is 1320. The molecule has 1 aliphatic carbocycles. The number of nitrogens with zero attached hydrogens (tertiary/aromatic N) is 5. The zero-order chi connectivity index (χ0) is 24.9. The van der Waals surface area contributed by atoms with Crippen molar-refractivity contribution in [1.29, 1.82) is 0 Å². The van der Waals surface area contributed by atoms with Gasteiger partial charge in [-0.05, 0) is 87.8 Å². The van der Waals surface area contributed by atoms with Gasteiger partial charge in [0.2, 0.25) is 0 Å². The number of hydrogen-bond acceptors (Lipinski definition) is 7. The highest BCUT2D eigenvalue weighted by atomic mass is 16.5. The maximum absolute atomic E-state index is 6.30. The number of methoxy groups -OCH3 is 1. The average molecular weight is 488 g/mol. The van der Waals surface area contributed by atoms with Crippen LogP contribution in [-0.2, 0) is 13.0 Å². The second kappa shape index (κ2) is 10.9. The highest BCUT2D eigenvalue weighted by Gasteiger charge is 2.20. The van der Waals surface area contributed by atoms with Crippen LogP contribution in [0.1, 0.15) is 54.7 Å². The molecule has 0 spiro atoms. The van der Waals surface area contributed by atoms with Crippen LogP contribution in [0.5, 0.6) is 17.5 Å². The van der Waals surface area contributed by atoms with Crippen molar-refractivity contribution in [1.82, 2.24) is 24.5 Å². The summed E-state index contributed by atoms with van der Waals surface area (Å²) < 4.78 is 19.9. The number of ether oxygens (including phenoxy) is 3. The predicted molar refractivity (Wildman–Crippen MR) is 138 cm³/mol. The van der Waals surface area contributed by atoms with Crippen molar-refractivity contribution in [2.24, 2.45) is 0 Å². The van der Waals surface area contributed by atoms with E-state index < -0.39 is 0 Å². The maximum atomic E-state index is 6.30. The summed E-state index contributed by atoms with van der Waals surface area (Å²) in [4.78, 5) is 18.1. The minimum atomic E-state index is 0.263. The second-order valence-electron chi connectivity index (χ2n) is 9.33. The van der Waals surface area contributed by atoms with Gasteiger partial charge in [0.05, 0.1) is 32.1 Å². The molecule has 1 saturated carbocycles. The van der Waals surface area contributed by atoms with Crippen LogP contribution in [0.4, 0.5) is 0 Å². The summed E-state index contributed by atoms with van der Waals surface area (Å²) in [5.41, 5.74) is 4.73. The van der Waals surface area contributed by atoms with Crippen LogP contribution in [0.3, 0.4) is 0 Å². The smallest absolute Gasteiger partial charge is 0.318 e. The Morgan fingerprint density at radius 1 is 0.944 bits per heavy atom. The zero-order valence-electron chi connectivity index (χ0n) is 21.2. The lowest BCUT2D eigenvalue weighted by Crippen LogP contribution is -2.12. The van der Waals surface area contributed by atoms with Gasteiger partial charge in [-0.3, -0.25) is 4.98 Å². The van der Waals surface area contributed by atoms with E-state index in [1.165, 1.54) is 18.4 Å². The third-order valence-corrected chi connectivity index (χ3v) is 6.69. The van der Waals surface area contributed by atoms with E-state index in [1.54, 1.807) is 7.11 Å². The Morgan fingerprint density at radius 3 is 2.53 bits per heavy atom.